The fraction of sp³-hybridized carbons (Fsp3) is 0.0169. The molecule has 0 atom stereocenters. The van der Waals surface area contributed by atoms with E-state index in [9.17, 15) is 0 Å². The minimum Gasteiger partial charge on any atom is -0.518 e. The summed E-state index contributed by atoms with van der Waals surface area (Å²) in [4.78, 5) is 0. The number of hydrogen-bond acceptors (Lipinski definition) is 6. The molecule has 0 bridgehead atoms. The molecule has 0 unspecified atom stereocenters. The third-order valence-electron chi connectivity index (χ3n) is 13.6. The van der Waals surface area contributed by atoms with E-state index in [-0.39, 0.29) is 55.6 Å². The van der Waals surface area contributed by atoms with Crippen LogP contribution in [-0.4, -0.2) is 37.6 Å². The van der Waals surface area contributed by atoms with E-state index in [0.717, 1.165) is 135 Å². The van der Waals surface area contributed by atoms with E-state index < -0.39 is 0 Å². The fourth-order valence-corrected chi connectivity index (χ4v) is 10.3. The minimum atomic E-state index is -0.272. The number of nitrogens with zero attached hydrogens (tertiary/aromatic N) is 5. The van der Waals surface area contributed by atoms with Gasteiger partial charge in [0.05, 0.1) is 12.4 Å². The first kappa shape index (κ1) is 44.1. The number of aryl methyl sites for hydroxylation is 1. The predicted octanol–water partition coefficient (Wildman–Crippen LogP) is 8.32. The Morgan fingerprint density at radius 3 is 1.29 bits per heavy atom. The standard InChI is InChI=1S/C59H31B2N5O4.2Pt/c1-64-33-40(38-18-22-50-45(26-38)60-47-29-43(65-34-41(31-62-65)36-10-4-2-5-11-36)20-24-52(47)69-56-16-8-14-54(67-50)58(56)60)28-49(64)39-19-23-51-46(27-39)61-48-30-44(66-35-42(32-63-66)37-12-6-3-7-13-37)21-25-53(48)70-57-17-9-15-55(68-51)59(57)61;;/h2-25,31-32,34-35H,1H3;;/q-6;;. The number of ether oxygens (including phenoxy) is 4. The van der Waals surface area contributed by atoms with Gasteiger partial charge in [-0.25, -0.2) is 18.3 Å². The van der Waals surface area contributed by atoms with Gasteiger partial charge in [-0.3, -0.25) is 9.36 Å². The van der Waals surface area contributed by atoms with Crippen molar-refractivity contribution in [2.45, 2.75) is 0 Å². The molecule has 0 N–H and O–H groups in total. The van der Waals surface area contributed by atoms with Crippen molar-refractivity contribution in [1.29, 1.82) is 0 Å². The van der Waals surface area contributed by atoms with Crippen molar-refractivity contribution in [2.24, 2.45) is 7.05 Å². The van der Waals surface area contributed by atoms with E-state index in [4.69, 9.17) is 29.1 Å². The Kier molecular flexibility index (Phi) is 10.5. The van der Waals surface area contributed by atoms with E-state index in [0.29, 0.717) is 0 Å². The van der Waals surface area contributed by atoms with Gasteiger partial charge in [0.25, 0.3) is 0 Å². The summed E-state index contributed by atoms with van der Waals surface area (Å²) in [5, 5.41) is 9.48. The second kappa shape index (κ2) is 17.2. The van der Waals surface area contributed by atoms with Crippen LogP contribution in [0.3, 0.4) is 0 Å². The van der Waals surface area contributed by atoms with Crippen molar-refractivity contribution in [1.82, 2.24) is 24.1 Å². The Morgan fingerprint density at radius 1 is 0.403 bits per heavy atom. The molecular weight excluding hydrogens is 1250 g/mol. The molecule has 4 aliphatic rings. The minimum absolute atomic E-state index is 0. The maximum atomic E-state index is 6.59. The van der Waals surface area contributed by atoms with Crippen molar-refractivity contribution in [3.05, 3.63) is 207 Å². The van der Waals surface area contributed by atoms with Crippen LogP contribution in [0, 0.1) is 36.5 Å². The topological polar surface area (TPSA) is 77.5 Å². The summed E-state index contributed by atoms with van der Waals surface area (Å²) < 4.78 is 31.9. The Hall–Kier alpha value is -7.83. The van der Waals surface area contributed by atoms with Crippen molar-refractivity contribution in [3.8, 4) is 102 Å². The van der Waals surface area contributed by atoms with Crippen molar-refractivity contribution in [2.75, 3.05) is 0 Å². The van der Waals surface area contributed by atoms with Crippen molar-refractivity contribution >= 4 is 46.2 Å². The van der Waals surface area contributed by atoms with E-state index in [1.807, 2.05) is 167 Å². The molecule has 0 saturated carbocycles. The van der Waals surface area contributed by atoms with Gasteiger partial charge in [0, 0.05) is 99.6 Å². The van der Waals surface area contributed by atoms with Crippen LogP contribution < -0.4 is 51.7 Å². The third kappa shape index (κ3) is 7.01. The van der Waals surface area contributed by atoms with Crippen molar-refractivity contribution in [3.63, 3.8) is 0 Å². The molecule has 0 aliphatic carbocycles. The SMILES string of the molecule is Cn1[c-]c(-c2[c-]c3c(cc2)Oc2cccc4c2B3c2[c-]c(-n3cc(-c5ccccc5)cn3)ccc2O4)[c-]c1-c1[c-]c2c(cc1)Oc1cccc3c1B2c1[c-]c(-n2cc(-c4ccccc4)cn2)ccc1O3.[Pt].[Pt]. The number of rotatable bonds is 6. The second-order valence-electron chi connectivity index (χ2n) is 17.8. The fourth-order valence-electron chi connectivity index (χ4n) is 10.3. The maximum Gasteiger partial charge on any atom is 0.214 e. The zero-order valence-electron chi connectivity index (χ0n) is 37.8. The molecule has 0 amide bonds. The summed E-state index contributed by atoms with van der Waals surface area (Å²) in [6.45, 7) is -0.543. The maximum absolute atomic E-state index is 6.59. The van der Waals surface area contributed by atoms with Crippen molar-refractivity contribution < 1.29 is 61.1 Å². The molecule has 7 heterocycles. The molecule has 3 aromatic heterocycles. The quantitative estimate of drug-likeness (QED) is 0.123. The first-order chi connectivity index (χ1) is 34.5. The van der Waals surface area contributed by atoms with Crippen LogP contribution in [0.15, 0.2) is 170 Å². The predicted molar refractivity (Wildman–Crippen MR) is 270 cm³/mol. The molecular formula is C59H31B2N5O4Pt2-6. The molecule has 8 aromatic carbocycles. The molecule has 13 heteroatoms. The normalized spacial score (nSPS) is 12.7. The van der Waals surface area contributed by atoms with E-state index in [2.05, 4.69) is 60.8 Å². The van der Waals surface area contributed by atoms with Gasteiger partial charge in [0.15, 0.2) is 0 Å². The number of fused-ring (bicyclic) bond motifs is 8. The summed E-state index contributed by atoms with van der Waals surface area (Å²) in [6.07, 6.45) is 11.4. The van der Waals surface area contributed by atoms with Crippen LogP contribution in [0.25, 0.3) is 56.0 Å². The molecule has 0 radical (unpaired) electrons. The number of aromatic nitrogens is 5. The first-order valence-electron chi connectivity index (χ1n) is 23.0. The zero-order chi connectivity index (χ0) is 46.0. The molecule has 4 aliphatic heterocycles. The second-order valence-corrected chi connectivity index (χ2v) is 17.8. The van der Waals surface area contributed by atoms with Gasteiger partial charge in [0.1, 0.15) is 23.0 Å². The third-order valence-corrected chi connectivity index (χ3v) is 13.6. The van der Waals surface area contributed by atoms with Crippen LogP contribution in [0.1, 0.15) is 0 Å². The summed E-state index contributed by atoms with van der Waals surface area (Å²) in [7, 11) is 1.98. The summed E-state index contributed by atoms with van der Waals surface area (Å²) >= 11 is 0. The van der Waals surface area contributed by atoms with Gasteiger partial charge in [-0.2, -0.15) is 28.0 Å². The molecule has 348 valence electrons. The summed E-state index contributed by atoms with van der Waals surface area (Å²) in [5.41, 5.74) is 14.4. The largest absolute Gasteiger partial charge is 0.518 e. The van der Waals surface area contributed by atoms with Crippen LogP contribution in [0.2, 0.25) is 0 Å². The van der Waals surface area contributed by atoms with Gasteiger partial charge < -0.3 is 40.7 Å². The van der Waals surface area contributed by atoms with Gasteiger partial charge in [0.2, 0.25) is 13.4 Å². The molecule has 0 spiro atoms. The van der Waals surface area contributed by atoms with Crippen LogP contribution >= 0.6 is 0 Å². The first-order valence-corrected chi connectivity index (χ1v) is 23.0. The number of hydrogen-bond donors (Lipinski definition) is 0. The molecule has 11 aromatic rings. The summed E-state index contributed by atoms with van der Waals surface area (Å²) in [5.74, 6) is 5.86. The van der Waals surface area contributed by atoms with Gasteiger partial charge in [-0.05, 0) is 53.8 Å². The molecule has 72 heavy (non-hydrogen) atoms. The Labute approximate surface area is 444 Å². The van der Waals surface area contributed by atoms with E-state index in [1.54, 1.807) is 0 Å². The zero-order valence-corrected chi connectivity index (χ0v) is 42.4. The average molecular weight is 1290 g/mol. The monoisotopic (exact) mass is 1290 g/mol. The smallest absolute Gasteiger partial charge is 0.214 e. The molecule has 15 rings (SSSR count). The van der Waals surface area contributed by atoms with Gasteiger partial charge in [-0.15, -0.1) is 75.9 Å². The molecule has 0 saturated heterocycles. The number of benzene rings is 8. The Balaban J connectivity index is 0.00000252. The van der Waals surface area contributed by atoms with E-state index in [1.165, 1.54) is 0 Å². The van der Waals surface area contributed by atoms with E-state index >= 15 is 0 Å². The molecule has 0 fully saturated rings. The van der Waals surface area contributed by atoms with Crippen LogP contribution in [-0.2, 0) is 49.2 Å². The average Bonchev–Trinajstić information content (AvgIpc) is 4.20. The molecule has 9 nitrogen and oxygen atoms in total. The Morgan fingerprint density at radius 2 is 0.819 bits per heavy atom. The van der Waals surface area contributed by atoms with Crippen LogP contribution in [0.4, 0.5) is 0 Å². The van der Waals surface area contributed by atoms with Gasteiger partial charge >= 0.3 is 0 Å². The van der Waals surface area contributed by atoms with Crippen LogP contribution in [0.5, 0.6) is 46.0 Å². The van der Waals surface area contributed by atoms with Gasteiger partial charge in [-0.1, -0.05) is 72.8 Å². The summed E-state index contributed by atoms with van der Waals surface area (Å²) in [6, 6.07) is 67.1. The Bertz CT molecular complexity index is 3940.